The summed E-state index contributed by atoms with van der Waals surface area (Å²) in [5.41, 5.74) is 1.68. The Morgan fingerprint density at radius 3 is 2.59 bits per heavy atom. The average molecular weight is 441 g/mol. The summed E-state index contributed by atoms with van der Waals surface area (Å²) < 4.78 is 13.4. The molecular formula is C24H27NO7. The zero-order chi connectivity index (χ0) is 23.2. The Balaban J connectivity index is 1.85. The number of carbonyl (C=O) groups is 2. The Morgan fingerprint density at radius 1 is 1.19 bits per heavy atom. The molecule has 2 aromatic rings. The van der Waals surface area contributed by atoms with Crippen molar-refractivity contribution in [3.05, 3.63) is 45.7 Å². The van der Waals surface area contributed by atoms with E-state index in [1.54, 1.807) is 0 Å². The first-order valence-corrected chi connectivity index (χ1v) is 10.7. The molecular weight excluding hydrogens is 414 g/mol. The van der Waals surface area contributed by atoms with E-state index in [2.05, 4.69) is 13.8 Å². The van der Waals surface area contributed by atoms with Gasteiger partial charge in [-0.25, -0.2) is 4.79 Å². The Kier molecular flexibility index (Phi) is 5.48. The van der Waals surface area contributed by atoms with Crippen molar-refractivity contribution < 1.29 is 29.3 Å². The number of carboxylic acid groups (broad SMARTS) is 2. The van der Waals surface area contributed by atoms with E-state index in [4.69, 9.17) is 14.6 Å². The van der Waals surface area contributed by atoms with E-state index in [9.17, 15) is 19.5 Å². The fourth-order valence-electron chi connectivity index (χ4n) is 5.21. The molecule has 4 rings (SSSR count). The number of carboxylic acids is 2. The van der Waals surface area contributed by atoms with E-state index in [1.165, 1.54) is 19.4 Å². The van der Waals surface area contributed by atoms with Gasteiger partial charge in [-0.15, -0.1) is 0 Å². The van der Waals surface area contributed by atoms with Crippen LogP contribution < -0.4 is 14.9 Å². The molecule has 1 aromatic heterocycles. The quantitative estimate of drug-likeness (QED) is 0.626. The minimum absolute atomic E-state index is 0.00282. The van der Waals surface area contributed by atoms with Gasteiger partial charge in [0.25, 0.3) is 0 Å². The number of ether oxygens (including phenoxy) is 2. The van der Waals surface area contributed by atoms with Crippen molar-refractivity contribution in [2.45, 2.75) is 51.5 Å². The molecule has 2 N–H and O–H groups in total. The van der Waals surface area contributed by atoms with Gasteiger partial charge in [-0.1, -0.05) is 13.8 Å². The largest absolute Gasteiger partial charge is 0.493 e. The number of pyridine rings is 1. The minimum atomic E-state index is -1.23. The van der Waals surface area contributed by atoms with Gasteiger partial charge in [-0.05, 0) is 42.4 Å². The fraction of sp³-hybridized carbons (Fsp3) is 0.458. The number of hydrogen-bond donors (Lipinski definition) is 2. The predicted octanol–water partition coefficient (Wildman–Crippen LogP) is 3.92. The summed E-state index contributed by atoms with van der Waals surface area (Å²) in [6.07, 6.45) is 3.76. The van der Waals surface area contributed by atoms with Crippen molar-refractivity contribution in [3.8, 4) is 22.8 Å². The van der Waals surface area contributed by atoms with Crippen LogP contribution >= 0.6 is 0 Å². The number of aromatic nitrogens is 1. The molecule has 32 heavy (non-hydrogen) atoms. The molecule has 0 radical (unpaired) electrons. The zero-order valence-corrected chi connectivity index (χ0v) is 18.4. The van der Waals surface area contributed by atoms with Gasteiger partial charge in [0.1, 0.15) is 5.56 Å². The van der Waals surface area contributed by atoms with Gasteiger partial charge in [-0.2, -0.15) is 0 Å². The molecule has 0 unspecified atom stereocenters. The zero-order valence-electron chi connectivity index (χ0n) is 18.4. The average Bonchev–Trinajstić information content (AvgIpc) is 3.05. The lowest BCUT2D eigenvalue weighted by molar-refractivity contribution is -0.137. The molecule has 2 heterocycles. The number of hydrogen-bond acceptors (Lipinski definition) is 5. The lowest BCUT2D eigenvalue weighted by Gasteiger charge is -2.40. The Labute approximate surface area is 185 Å². The number of rotatable bonds is 7. The highest BCUT2D eigenvalue weighted by atomic mass is 16.5. The lowest BCUT2D eigenvalue weighted by atomic mass is 9.77. The van der Waals surface area contributed by atoms with Gasteiger partial charge in [0.2, 0.25) is 0 Å². The van der Waals surface area contributed by atoms with Gasteiger partial charge < -0.3 is 24.3 Å². The molecule has 2 atom stereocenters. The van der Waals surface area contributed by atoms with Crippen LogP contribution in [0.5, 0.6) is 11.5 Å². The van der Waals surface area contributed by atoms with Crippen LogP contribution in [-0.4, -0.2) is 40.4 Å². The third kappa shape index (κ3) is 3.63. The topological polar surface area (TPSA) is 115 Å². The van der Waals surface area contributed by atoms with E-state index < -0.39 is 17.4 Å². The van der Waals surface area contributed by atoms with Crippen molar-refractivity contribution in [1.29, 1.82) is 0 Å². The molecule has 1 aliphatic carbocycles. The second kappa shape index (κ2) is 8.00. The summed E-state index contributed by atoms with van der Waals surface area (Å²) in [5.74, 6) is -0.950. The number of nitrogens with zero attached hydrogens (tertiary/aromatic N) is 1. The first kappa shape index (κ1) is 21.9. The molecule has 170 valence electrons. The molecule has 0 amide bonds. The van der Waals surface area contributed by atoms with Crippen LogP contribution in [0, 0.1) is 5.41 Å². The van der Waals surface area contributed by atoms with E-state index in [-0.39, 0.29) is 36.0 Å². The van der Waals surface area contributed by atoms with Gasteiger partial charge in [-0.3, -0.25) is 9.59 Å². The predicted molar refractivity (Wildman–Crippen MR) is 117 cm³/mol. The number of aliphatic carboxylic acids is 1. The van der Waals surface area contributed by atoms with Crippen molar-refractivity contribution in [2.75, 3.05) is 13.7 Å². The monoisotopic (exact) mass is 441 g/mol. The van der Waals surface area contributed by atoms with Gasteiger partial charge in [0.15, 0.2) is 16.9 Å². The summed E-state index contributed by atoms with van der Waals surface area (Å²) >= 11 is 0. The van der Waals surface area contributed by atoms with Gasteiger partial charge in [0.05, 0.1) is 19.4 Å². The van der Waals surface area contributed by atoms with Crippen LogP contribution in [0.1, 0.15) is 67.4 Å². The maximum absolute atomic E-state index is 12.5. The van der Waals surface area contributed by atoms with Crippen molar-refractivity contribution in [2.24, 2.45) is 5.41 Å². The summed E-state index contributed by atoms with van der Waals surface area (Å²) in [5, 5.41) is 18.3. The lowest BCUT2D eigenvalue weighted by Crippen LogP contribution is -2.32. The van der Waals surface area contributed by atoms with Crippen LogP contribution in [0.4, 0.5) is 0 Å². The van der Waals surface area contributed by atoms with Gasteiger partial charge >= 0.3 is 11.9 Å². The van der Waals surface area contributed by atoms with Crippen LogP contribution in [0.2, 0.25) is 0 Å². The second-order valence-electron chi connectivity index (χ2n) is 9.16. The summed E-state index contributed by atoms with van der Waals surface area (Å²) in [6, 6.07) is 5.17. The number of fused-ring (bicyclic) bond motifs is 6. The standard InChI is InChI=1S/C24H27NO7/c1-24(2)7-6-13-14-9-20(32-8-4-5-21(27)28)19(31-3)10-15(14)17-11-18(26)16(23(29)30)12-25(17)22(13)24/h9-13,22H,4-8H2,1-3H3,(H,27,28)(H,29,30)/t13-,22+/m0/s1. The molecule has 0 bridgehead atoms. The molecule has 8 heteroatoms. The minimum Gasteiger partial charge on any atom is -0.493 e. The highest BCUT2D eigenvalue weighted by Gasteiger charge is 2.47. The van der Waals surface area contributed by atoms with Crippen molar-refractivity contribution in [1.82, 2.24) is 4.57 Å². The van der Waals surface area contributed by atoms with Crippen molar-refractivity contribution in [3.63, 3.8) is 0 Å². The summed E-state index contributed by atoms with van der Waals surface area (Å²) in [6.45, 7) is 4.58. The van der Waals surface area contributed by atoms with E-state index in [0.29, 0.717) is 23.6 Å². The van der Waals surface area contributed by atoms with Crippen LogP contribution in [-0.2, 0) is 4.79 Å². The molecule has 1 fully saturated rings. The van der Waals surface area contributed by atoms with Crippen LogP contribution in [0.3, 0.4) is 0 Å². The van der Waals surface area contributed by atoms with Crippen LogP contribution in [0.15, 0.2) is 29.2 Å². The third-order valence-corrected chi connectivity index (χ3v) is 6.69. The molecule has 1 aromatic carbocycles. The first-order chi connectivity index (χ1) is 15.1. The second-order valence-corrected chi connectivity index (χ2v) is 9.16. The molecule has 0 saturated heterocycles. The third-order valence-electron chi connectivity index (χ3n) is 6.69. The Hall–Kier alpha value is -3.29. The summed E-state index contributed by atoms with van der Waals surface area (Å²) in [4.78, 5) is 35.0. The normalized spacial score (nSPS) is 20.1. The van der Waals surface area contributed by atoms with E-state index >= 15 is 0 Å². The SMILES string of the molecule is COc1cc2c(cc1OCCCC(=O)O)[C@@H]1CCC(C)(C)[C@@H]1n1cc(C(=O)O)c(=O)cc1-2. The fourth-order valence-corrected chi connectivity index (χ4v) is 5.21. The van der Waals surface area contributed by atoms with Gasteiger partial charge in [0, 0.05) is 36.2 Å². The van der Waals surface area contributed by atoms with Crippen molar-refractivity contribution >= 4 is 11.9 Å². The maximum atomic E-state index is 12.5. The Bertz CT molecular complexity index is 1150. The summed E-state index contributed by atoms with van der Waals surface area (Å²) in [7, 11) is 1.52. The highest BCUT2D eigenvalue weighted by molar-refractivity contribution is 5.88. The number of aromatic carboxylic acids is 1. The smallest absolute Gasteiger partial charge is 0.341 e. The van der Waals surface area contributed by atoms with E-state index in [0.717, 1.165) is 24.0 Å². The molecule has 8 nitrogen and oxygen atoms in total. The molecule has 1 aliphatic heterocycles. The number of methoxy groups -OCH3 is 1. The van der Waals surface area contributed by atoms with E-state index in [1.807, 2.05) is 16.7 Å². The number of benzene rings is 1. The molecule has 1 saturated carbocycles. The first-order valence-electron chi connectivity index (χ1n) is 10.7. The highest BCUT2D eigenvalue weighted by Crippen LogP contribution is 2.59. The molecule has 0 spiro atoms. The molecule has 2 aliphatic rings. The Morgan fingerprint density at radius 2 is 1.94 bits per heavy atom. The maximum Gasteiger partial charge on any atom is 0.341 e. The van der Waals surface area contributed by atoms with Crippen LogP contribution in [0.25, 0.3) is 11.3 Å².